The van der Waals surface area contributed by atoms with E-state index in [1.165, 1.54) is 0 Å². The fraction of sp³-hybridized carbons (Fsp3) is 1.00. The lowest BCUT2D eigenvalue weighted by molar-refractivity contribution is -0.136. The van der Waals surface area contributed by atoms with Crippen molar-refractivity contribution in [1.82, 2.24) is 0 Å². The van der Waals surface area contributed by atoms with Crippen molar-refractivity contribution in [3.8, 4) is 0 Å². The molecule has 1 nitrogen and oxygen atoms in total. The summed E-state index contributed by atoms with van der Waals surface area (Å²) >= 11 is 0. The van der Waals surface area contributed by atoms with Crippen LogP contribution >= 0.6 is 0 Å². The molecule has 1 aliphatic carbocycles. The molecule has 15 heavy (non-hydrogen) atoms. The molecule has 0 aromatic rings. The van der Waals surface area contributed by atoms with Crippen molar-refractivity contribution in [3.05, 3.63) is 0 Å². The van der Waals surface area contributed by atoms with Gasteiger partial charge in [0.2, 0.25) is 0 Å². The Morgan fingerprint density at radius 2 is 1.53 bits per heavy atom. The second-order valence-corrected chi connectivity index (χ2v) is 5.74. The molecule has 1 atom stereocenters. The van der Waals surface area contributed by atoms with E-state index in [9.17, 15) is 13.2 Å². The van der Waals surface area contributed by atoms with Crippen LogP contribution in [0.4, 0.5) is 13.2 Å². The Balaban J connectivity index is 2.48. The highest BCUT2D eigenvalue weighted by Gasteiger charge is 2.66. The minimum absolute atomic E-state index is 0.0427. The van der Waals surface area contributed by atoms with E-state index in [1.807, 2.05) is 0 Å². The van der Waals surface area contributed by atoms with Gasteiger partial charge in [-0.2, -0.15) is 13.2 Å². The van der Waals surface area contributed by atoms with Gasteiger partial charge in [0.25, 0.3) is 0 Å². The van der Waals surface area contributed by atoms with Crippen LogP contribution in [0.25, 0.3) is 0 Å². The molecule has 0 heterocycles. The maximum absolute atomic E-state index is 12.0. The van der Waals surface area contributed by atoms with Gasteiger partial charge < -0.3 is 5.73 Å². The maximum atomic E-state index is 12.0. The summed E-state index contributed by atoms with van der Waals surface area (Å²) in [5.41, 5.74) is 5.97. The van der Waals surface area contributed by atoms with E-state index in [2.05, 4.69) is 27.7 Å². The zero-order valence-electron chi connectivity index (χ0n) is 9.78. The minimum atomic E-state index is -4.08. The smallest absolute Gasteiger partial charge is 0.327 e. The van der Waals surface area contributed by atoms with E-state index >= 15 is 0 Å². The third kappa shape index (κ3) is 2.30. The van der Waals surface area contributed by atoms with Gasteiger partial charge in [-0.3, -0.25) is 0 Å². The van der Waals surface area contributed by atoms with Crippen molar-refractivity contribution in [2.75, 3.05) is 0 Å². The summed E-state index contributed by atoms with van der Waals surface area (Å²) in [7, 11) is 0. The van der Waals surface area contributed by atoms with Gasteiger partial charge in [0.05, 0.1) is 0 Å². The number of hydrogen-bond acceptors (Lipinski definition) is 1. The number of nitrogens with two attached hydrogens (primary N) is 1. The molecule has 1 aliphatic rings. The van der Waals surface area contributed by atoms with Crippen molar-refractivity contribution >= 4 is 0 Å². The summed E-state index contributed by atoms with van der Waals surface area (Å²) in [6.07, 6.45) is -4.81. The van der Waals surface area contributed by atoms with Crippen LogP contribution in [-0.2, 0) is 0 Å². The van der Waals surface area contributed by atoms with Gasteiger partial charge in [-0.05, 0) is 23.2 Å². The second-order valence-electron chi connectivity index (χ2n) is 5.74. The Morgan fingerprint density at radius 1 is 1.13 bits per heavy atom. The molecule has 0 spiro atoms. The number of rotatable bonds is 3. The van der Waals surface area contributed by atoms with Gasteiger partial charge in [-0.1, -0.05) is 27.7 Å². The number of alkyl halides is 3. The minimum Gasteiger partial charge on any atom is -0.327 e. The zero-order chi connectivity index (χ0) is 12.1. The molecule has 0 aromatic heterocycles. The van der Waals surface area contributed by atoms with Gasteiger partial charge in [0, 0.05) is 12.5 Å². The molecule has 0 saturated heterocycles. The van der Waals surface area contributed by atoms with E-state index in [4.69, 9.17) is 5.73 Å². The van der Waals surface area contributed by atoms with Gasteiger partial charge >= 0.3 is 6.18 Å². The number of halogens is 3. The molecule has 1 unspecified atom stereocenters. The van der Waals surface area contributed by atoms with E-state index in [1.54, 1.807) is 0 Å². The first-order valence-corrected chi connectivity index (χ1v) is 5.32. The molecule has 0 aromatic carbocycles. The molecule has 1 rings (SSSR count). The van der Waals surface area contributed by atoms with Gasteiger partial charge in [-0.15, -0.1) is 0 Å². The van der Waals surface area contributed by atoms with Gasteiger partial charge in [0.15, 0.2) is 0 Å². The van der Waals surface area contributed by atoms with Crippen LogP contribution in [0.15, 0.2) is 0 Å². The standard InChI is InChI=1S/C11H20F3N/c1-9(2)8(10(9,3)4)7(15)5-6-11(12,13)14/h7-8H,5-6,15H2,1-4H3. The average molecular weight is 223 g/mol. The van der Waals surface area contributed by atoms with Crippen LogP contribution in [0, 0.1) is 16.7 Å². The fourth-order valence-corrected chi connectivity index (χ4v) is 2.81. The van der Waals surface area contributed by atoms with Crippen molar-refractivity contribution in [2.45, 2.75) is 52.8 Å². The largest absolute Gasteiger partial charge is 0.389 e. The first-order valence-electron chi connectivity index (χ1n) is 5.32. The van der Waals surface area contributed by atoms with Crippen LogP contribution in [0.1, 0.15) is 40.5 Å². The Labute approximate surface area is 89.2 Å². The lowest BCUT2D eigenvalue weighted by Crippen LogP contribution is -2.27. The molecule has 2 N–H and O–H groups in total. The van der Waals surface area contributed by atoms with Gasteiger partial charge in [0.1, 0.15) is 0 Å². The van der Waals surface area contributed by atoms with Crippen molar-refractivity contribution in [2.24, 2.45) is 22.5 Å². The predicted molar refractivity (Wildman–Crippen MR) is 54.3 cm³/mol. The first kappa shape index (κ1) is 12.8. The Bertz CT molecular complexity index is 229. The van der Waals surface area contributed by atoms with E-state index in [0.717, 1.165) is 0 Å². The van der Waals surface area contributed by atoms with E-state index < -0.39 is 12.6 Å². The summed E-state index contributed by atoms with van der Waals surface area (Å²) < 4.78 is 36.1. The highest BCUT2D eigenvalue weighted by atomic mass is 19.4. The monoisotopic (exact) mass is 223 g/mol. The maximum Gasteiger partial charge on any atom is 0.389 e. The van der Waals surface area contributed by atoms with E-state index in [0.29, 0.717) is 0 Å². The Kier molecular flexibility index (Phi) is 2.88. The quantitative estimate of drug-likeness (QED) is 0.780. The van der Waals surface area contributed by atoms with Crippen molar-refractivity contribution in [1.29, 1.82) is 0 Å². The molecule has 0 aliphatic heterocycles. The van der Waals surface area contributed by atoms with Crippen LogP contribution in [0.5, 0.6) is 0 Å². The molecule has 0 amide bonds. The Morgan fingerprint density at radius 3 is 1.80 bits per heavy atom. The Hall–Kier alpha value is -0.250. The average Bonchev–Trinajstić information content (AvgIpc) is 2.37. The summed E-state index contributed by atoms with van der Waals surface area (Å²) in [6, 6.07) is -0.336. The normalized spacial score (nSPS) is 26.4. The van der Waals surface area contributed by atoms with Crippen LogP contribution in [-0.4, -0.2) is 12.2 Å². The molecule has 0 bridgehead atoms. The molecule has 1 fully saturated rings. The predicted octanol–water partition coefficient (Wildman–Crippen LogP) is 3.34. The first-order chi connectivity index (χ1) is 6.50. The van der Waals surface area contributed by atoms with E-state index in [-0.39, 0.29) is 29.2 Å². The lowest BCUT2D eigenvalue weighted by Gasteiger charge is -2.15. The van der Waals surface area contributed by atoms with Crippen LogP contribution in [0.2, 0.25) is 0 Å². The molecular formula is C11H20F3N. The van der Waals surface area contributed by atoms with Crippen LogP contribution < -0.4 is 5.73 Å². The fourth-order valence-electron chi connectivity index (χ4n) is 2.81. The SMILES string of the molecule is CC1(C)C(C(N)CCC(F)(F)F)C1(C)C. The zero-order valence-corrected chi connectivity index (χ0v) is 9.78. The lowest BCUT2D eigenvalue weighted by atomic mass is 10.0. The summed E-state index contributed by atoms with van der Waals surface area (Å²) in [6.45, 7) is 8.30. The van der Waals surface area contributed by atoms with Crippen molar-refractivity contribution in [3.63, 3.8) is 0 Å². The third-order valence-electron chi connectivity index (χ3n) is 4.32. The third-order valence-corrected chi connectivity index (χ3v) is 4.32. The summed E-state index contributed by atoms with van der Waals surface area (Å²) in [5.74, 6) is 0.201. The topological polar surface area (TPSA) is 26.0 Å². The molecule has 4 heteroatoms. The molecule has 1 saturated carbocycles. The highest BCUT2D eigenvalue weighted by molar-refractivity contribution is 5.15. The molecule has 0 radical (unpaired) electrons. The van der Waals surface area contributed by atoms with Crippen LogP contribution in [0.3, 0.4) is 0 Å². The summed E-state index contributed by atoms with van der Waals surface area (Å²) in [4.78, 5) is 0. The molecular weight excluding hydrogens is 203 g/mol. The van der Waals surface area contributed by atoms with Crippen molar-refractivity contribution < 1.29 is 13.2 Å². The number of hydrogen-bond donors (Lipinski definition) is 1. The molecule has 90 valence electrons. The highest BCUT2D eigenvalue weighted by Crippen LogP contribution is 2.69. The second kappa shape index (κ2) is 3.37. The van der Waals surface area contributed by atoms with Gasteiger partial charge in [-0.25, -0.2) is 0 Å². The summed E-state index contributed by atoms with van der Waals surface area (Å²) in [5, 5.41) is 0.